The molecule has 1 unspecified atom stereocenters. The highest BCUT2D eigenvalue weighted by Crippen LogP contribution is 2.48. The largest absolute Gasteiger partial charge is 0.311 e. The van der Waals surface area contributed by atoms with Crippen LogP contribution in [0.2, 0.25) is 0 Å². The minimum atomic E-state index is -0.0547. The van der Waals surface area contributed by atoms with E-state index < -0.39 is 0 Å². The Kier molecular flexibility index (Phi) is 18.6. The van der Waals surface area contributed by atoms with E-state index in [9.17, 15) is 0 Å². The first-order chi connectivity index (χ1) is 45.8. The molecule has 1 aliphatic carbocycles. The van der Waals surface area contributed by atoms with Crippen molar-refractivity contribution < 1.29 is 0 Å². The van der Waals surface area contributed by atoms with Crippen LogP contribution in [-0.2, 0) is 18.3 Å². The number of hydrogen-bond acceptors (Lipinski definition) is 4. The predicted molar refractivity (Wildman–Crippen MR) is 401 cm³/mol. The van der Waals surface area contributed by atoms with Gasteiger partial charge in [0, 0.05) is 79.6 Å². The zero-order valence-electron chi connectivity index (χ0n) is 56.1. The molecule has 0 radical (unpaired) electrons. The van der Waals surface area contributed by atoms with Gasteiger partial charge in [-0.2, -0.15) is 0 Å². The molecule has 0 amide bonds. The van der Waals surface area contributed by atoms with E-state index in [0.29, 0.717) is 5.92 Å². The average molecular weight is 1230 g/mol. The molecule has 0 aliphatic heterocycles. The molecule has 1 saturated carbocycles. The molecule has 0 bridgehead atoms. The molecule has 0 aromatic heterocycles. The van der Waals surface area contributed by atoms with Gasteiger partial charge < -0.3 is 19.6 Å². The van der Waals surface area contributed by atoms with Crippen molar-refractivity contribution >= 4 is 68.2 Å². The minimum absolute atomic E-state index is 0.0547. The van der Waals surface area contributed by atoms with Crippen LogP contribution >= 0.6 is 0 Å². The van der Waals surface area contributed by atoms with Crippen molar-refractivity contribution in [3.8, 4) is 0 Å². The van der Waals surface area contributed by atoms with Gasteiger partial charge in [0.2, 0.25) is 0 Å². The summed E-state index contributed by atoms with van der Waals surface area (Å²) in [6.07, 6.45) is 7.89. The molecule has 0 heterocycles. The van der Waals surface area contributed by atoms with E-state index in [0.717, 1.165) is 88.2 Å². The standard InChI is InChI=1S/C90H88N4/c1-64(2)89(73-30-54-85(55-31-73)91(77-38-12-65(3)13-39-77)78-40-14-66(4)15-41-78)74-32-56-86(57-33-74)93(81-46-20-69(7)21-47-81)83-50-26-71(27-51-83)24-25-72-28-52-84(53-29-72)94(82-48-22-70(8)23-49-82)88-60-36-76(37-61-88)90(62-10-9-11-63-90)75-34-58-87(59-35-75)92(79-42-16-67(5)17-43-79)80-44-18-68(6)19-45-80/h12-23,26-61,64,89H,9-11,24-25,62-63H2,1-8H3. The lowest BCUT2D eigenvalue weighted by molar-refractivity contribution is 0.346. The first-order valence-corrected chi connectivity index (χ1v) is 34.0. The molecule has 468 valence electrons. The number of anilines is 12. The quantitative estimate of drug-likeness (QED) is 0.0754. The van der Waals surface area contributed by atoms with Crippen LogP contribution in [-0.4, -0.2) is 0 Å². The van der Waals surface area contributed by atoms with Crippen LogP contribution in [0.5, 0.6) is 0 Å². The van der Waals surface area contributed by atoms with Gasteiger partial charge in [0.05, 0.1) is 0 Å². The van der Waals surface area contributed by atoms with Crippen LogP contribution in [0.3, 0.4) is 0 Å². The van der Waals surface area contributed by atoms with Gasteiger partial charge in [-0.1, -0.05) is 212 Å². The zero-order chi connectivity index (χ0) is 64.7. The highest BCUT2D eigenvalue weighted by Gasteiger charge is 2.36. The van der Waals surface area contributed by atoms with Gasteiger partial charge in [-0.15, -0.1) is 0 Å². The number of benzene rings is 12. The predicted octanol–water partition coefficient (Wildman–Crippen LogP) is 25.2. The maximum atomic E-state index is 2.42. The zero-order valence-corrected chi connectivity index (χ0v) is 56.1. The molecule has 4 nitrogen and oxygen atoms in total. The van der Waals surface area contributed by atoms with Crippen molar-refractivity contribution in [3.63, 3.8) is 0 Å². The van der Waals surface area contributed by atoms with Gasteiger partial charge in [0.1, 0.15) is 0 Å². The van der Waals surface area contributed by atoms with Gasteiger partial charge in [-0.3, -0.25) is 0 Å². The molecule has 1 aliphatic rings. The van der Waals surface area contributed by atoms with Crippen molar-refractivity contribution in [2.75, 3.05) is 19.6 Å². The summed E-state index contributed by atoms with van der Waals surface area (Å²) < 4.78 is 0. The molecule has 1 fully saturated rings. The molecule has 0 saturated heterocycles. The highest BCUT2D eigenvalue weighted by atomic mass is 15.2. The number of nitrogens with zero attached hydrogens (tertiary/aromatic N) is 4. The first-order valence-electron chi connectivity index (χ1n) is 34.0. The molecule has 12 aromatic carbocycles. The van der Waals surface area contributed by atoms with E-state index in [1.165, 1.54) is 91.7 Å². The van der Waals surface area contributed by atoms with Crippen LogP contribution in [0.25, 0.3) is 0 Å². The fraction of sp³-hybridized carbons (Fsp3) is 0.200. The first kappa shape index (κ1) is 62.6. The number of aryl methyl sites for hydroxylation is 8. The Balaban J connectivity index is 0.713. The normalized spacial score (nSPS) is 13.1. The molecule has 0 spiro atoms. The SMILES string of the molecule is Cc1ccc(N(c2ccc(C)cc2)c2ccc(C(c3ccc(N(c4ccc(C)cc4)c4ccc(CCc5ccc(N(c6ccc(C)cc6)c6ccc(C7(c8ccc(N(c9ccc(C)cc9)c9ccc(C)cc9)cc8)CCCCC7)cc6)cc5)cc4)cc3)C(C)C)cc2)cc1. The van der Waals surface area contributed by atoms with Gasteiger partial charge in [0.25, 0.3) is 0 Å². The molecule has 13 rings (SSSR count). The summed E-state index contributed by atoms with van der Waals surface area (Å²) in [5, 5.41) is 0. The van der Waals surface area contributed by atoms with Crippen LogP contribution in [0.4, 0.5) is 68.2 Å². The van der Waals surface area contributed by atoms with Gasteiger partial charge in [-0.05, 0) is 252 Å². The summed E-state index contributed by atoms with van der Waals surface area (Å²) >= 11 is 0. The van der Waals surface area contributed by atoms with Crippen molar-refractivity contribution in [1.29, 1.82) is 0 Å². The summed E-state index contributed by atoms with van der Waals surface area (Å²) in [5.74, 6) is 0.620. The highest BCUT2D eigenvalue weighted by molar-refractivity contribution is 5.81. The van der Waals surface area contributed by atoms with E-state index >= 15 is 0 Å². The van der Waals surface area contributed by atoms with E-state index in [2.05, 4.69) is 366 Å². The van der Waals surface area contributed by atoms with Crippen molar-refractivity contribution in [3.05, 3.63) is 358 Å². The molecule has 0 N–H and O–H groups in total. The Morgan fingerprint density at radius 1 is 0.245 bits per heavy atom. The van der Waals surface area contributed by atoms with Crippen LogP contribution in [0.1, 0.15) is 119 Å². The molecule has 94 heavy (non-hydrogen) atoms. The van der Waals surface area contributed by atoms with Gasteiger partial charge in [0.15, 0.2) is 0 Å². The summed E-state index contributed by atoms with van der Waals surface area (Å²) in [6.45, 7) is 17.6. The Morgan fingerprint density at radius 2 is 0.436 bits per heavy atom. The second kappa shape index (κ2) is 28.0. The molecule has 4 heteroatoms. The van der Waals surface area contributed by atoms with Crippen molar-refractivity contribution in [1.82, 2.24) is 0 Å². The third kappa shape index (κ3) is 13.8. The third-order valence-corrected chi connectivity index (χ3v) is 19.6. The summed E-state index contributed by atoms with van der Waals surface area (Å²) in [7, 11) is 0. The lowest BCUT2D eigenvalue weighted by Gasteiger charge is -2.39. The molecular weight excluding hydrogens is 1140 g/mol. The van der Waals surface area contributed by atoms with E-state index in [4.69, 9.17) is 0 Å². The Hall–Kier alpha value is -10.2. The van der Waals surface area contributed by atoms with Gasteiger partial charge in [-0.25, -0.2) is 0 Å². The fourth-order valence-electron chi connectivity index (χ4n) is 14.2. The van der Waals surface area contributed by atoms with Crippen molar-refractivity contribution in [2.24, 2.45) is 5.92 Å². The fourth-order valence-corrected chi connectivity index (χ4v) is 14.2. The maximum Gasteiger partial charge on any atom is 0.0461 e. The van der Waals surface area contributed by atoms with E-state index in [1.54, 1.807) is 0 Å². The lowest BCUT2D eigenvalue weighted by atomic mass is 9.65. The Labute approximate surface area is 560 Å². The molecule has 1 atom stereocenters. The number of hydrogen-bond donors (Lipinski definition) is 0. The maximum absolute atomic E-state index is 2.42. The van der Waals surface area contributed by atoms with Crippen molar-refractivity contribution in [2.45, 2.75) is 112 Å². The Bertz CT molecular complexity index is 4310. The van der Waals surface area contributed by atoms with Gasteiger partial charge >= 0.3 is 0 Å². The summed E-state index contributed by atoms with van der Waals surface area (Å²) in [5.41, 5.74) is 29.3. The monoisotopic (exact) mass is 1220 g/mol. The minimum Gasteiger partial charge on any atom is -0.311 e. The summed E-state index contributed by atoms with van der Waals surface area (Å²) in [4.78, 5) is 9.55. The second-order valence-corrected chi connectivity index (χ2v) is 26.8. The smallest absolute Gasteiger partial charge is 0.0461 e. The van der Waals surface area contributed by atoms with E-state index in [-0.39, 0.29) is 11.3 Å². The average Bonchev–Trinajstić information content (AvgIpc) is 0.772. The van der Waals surface area contributed by atoms with Crippen LogP contribution in [0, 0.1) is 47.5 Å². The topological polar surface area (TPSA) is 13.0 Å². The third-order valence-electron chi connectivity index (χ3n) is 19.6. The Morgan fingerprint density at radius 3 is 0.649 bits per heavy atom. The van der Waals surface area contributed by atoms with Crippen LogP contribution in [0.15, 0.2) is 291 Å². The second-order valence-electron chi connectivity index (χ2n) is 26.8. The van der Waals surface area contributed by atoms with E-state index in [1.807, 2.05) is 0 Å². The molecular formula is C90H88N4. The lowest BCUT2D eigenvalue weighted by Crippen LogP contribution is -2.30. The molecule has 12 aromatic rings. The number of rotatable bonds is 20. The van der Waals surface area contributed by atoms with Crippen LogP contribution < -0.4 is 19.6 Å². The summed E-state index contributed by atoms with van der Waals surface area (Å²) in [6, 6.07) is 109.